The number of halogens is 1. The molecule has 90 valence electrons. The molecule has 0 aliphatic rings. The quantitative estimate of drug-likeness (QED) is 0.779. The number of aliphatic hydroxyl groups excluding tert-OH is 1. The first-order valence-corrected chi connectivity index (χ1v) is 5.73. The first-order chi connectivity index (χ1) is 7.63. The van der Waals surface area contributed by atoms with Gasteiger partial charge in [0.2, 0.25) is 0 Å². The van der Waals surface area contributed by atoms with Crippen LogP contribution in [0.4, 0.5) is 4.39 Å². The van der Waals surface area contributed by atoms with Crippen molar-refractivity contribution in [1.29, 1.82) is 0 Å². The molecule has 16 heavy (non-hydrogen) atoms. The molecule has 0 amide bonds. The fourth-order valence-electron chi connectivity index (χ4n) is 1.57. The Bertz CT molecular complexity index is 299. The predicted molar refractivity (Wildman–Crippen MR) is 63.7 cm³/mol. The van der Waals surface area contributed by atoms with E-state index in [1.807, 2.05) is 0 Å². The summed E-state index contributed by atoms with van der Waals surface area (Å²) >= 11 is 0. The van der Waals surface area contributed by atoms with Gasteiger partial charge in [0.05, 0.1) is 0 Å². The van der Waals surface area contributed by atoms with E-state index in [9.17, 15) is 4.39 Å². The van der Waals surface area contributed by atoms with E-state index in [4.69, 9.17) is 5.11 Å². The number of aliphatic hydroxyl groups is 1. The summed E-state index contributed by atoms with van der Waals surface area (Å²) < 4.78 is 12.7. The van der Waals surface area contributed by atoms with E-state index in [2.05, 4.69) is 19.2 Å². The van der Waals surface area contributed by atoms with Gasteiger partial charge in [-0.25, -0.2) is 4.39 Å². The van der Waals surface area contributed by atoms with Crippen molar-refractivity contribution in [2.45, 2.75) is 26.3 Å². The lowest BCUT2D eigenvalue weighted by Gasteiger charge is -2.17. The van der Waals surface area contributed by atoms with Crippen molar-refractivity contribution in [1.82, 2.24) is 5.32 Å². The van der Waals surface area contributed by atoms with E-state index in [1.165, 1.54) is 12.1 Å². The van der Waals surface area contributed by atoms with Gasteiger partial charge >= 0.3 is 0 Å². The Morgan fingerprint density at radius 2 is 1.88 bits per heavy atom. The summed E-state index contributed by atoms with van der Waals surface area (Å²) in [5.41, 5.74) is 1.08. The zero-order valence-corrected chi connectivity index (χ0v) is 9.91. The van der Waals surface area contributed by atoms with Gasteiger partial charge in [-0.15, -0.1) is 0 Å². The Labute approximate surface area is 96.5 Å². The fourth-order valence-corrected chi connectivity index (χ4v) is 1.57. The number of benzene rings is 1. The number of hydrogen-bond acceptors (Lipinski definition) is 2. The molecule has 1 aromatic rings. The molecule has 0 aromatic heterocycles. The average Bonchev–Trinajstić information content (AvgIpc) is 2.27. The maximum Gasteiger partial charge on any atom is 0.123 e. The van der Waals surface area contributed by atoms with Crippen LogP contribution in [0.1, 0.15) is 31.9 Å². The van der Waals surface area contributed by atoms with Crippen LogP contribution in [-0.2, 0) is 0 Å². The zero-order valence-electron chi connectivity index (χ0n) is 9.91. The monoisotopic (exact) mass is 225 g/mol. The maximum atomic E-state index is 12.7. The van der Waals surface area contributed by atoms with E-state index in [1.54, 1.807) is 12.1 Å². The van der Waals surface area contributed by atoms with Crippen molar-refractivity contribution in [3.05, 3.63) is 35.6 Å². The predicted octanol–water partition coefficient (Wildman–Crippen LogP) is 2.49. The van der Waals surface area contributed by atoms with Crippen LogP contribution in [0, 0.1) is 11.7 Å². The van der Waals surface area contributed by atoms with Gasteiger partial charge in [0.1, 0.15) is 5.82 Å². The molecule has 0 spiro atoms. The molecule has 0 saturated heterocycles. The SMILES string of the molecule is CC(CCO)CNC(C)c1ccc(F)cc1. The van der Waals surface area contributed by atoms with Crippen LogP contribution in [0.15, 0.2) is 24.3 Å². The molecular formula is C13H20FNO. The minimum atomic E-state index is -0.204. The summed E-state index contributed by atoms with van der Waals surface area (Å²) in [5.74, 6) is 0.248. The van der Waals surface area contributed by atoms with Crippen LogP contribution in [-0.4, -0.2) is 18.3 Å². The Hall–Kier alpha value is -0.930. The summed E-state index contributed by atoms with van der Waals surface area (Å²) in [7, 11) is 0. The van der Waals surface area contributed by atoms with Crippen molar-refractivity contribution >= 4 is 0 Å². The van der Waals surface area contributed by atoms with E-state index < -0.39 is 0 Å². The van der Waals surface area contributed by atoms with Crippen LogP contribution >= 0.6 is 0 Å². The third-order valence-electron chi connectivity index (χ3n) is 2.76. The second-order valence-electron chi connectivity index (χ2n) is 4.30. The van der Waals surface area contributed by atoms with E-state index >= 15 is 0 Å². The van der Waals surface area contributed by atoms with Gasteiger partial charge in [-0.1, -0.05) is 19.1 Å². The summed E-state index contributed by atoms with van der Waals surface area (Å²) in [5, 5.41) is 12.1. The molecule has 0 heterocycles. The molecule has 2 N–H and O–H groups in total. The average molecular weight is 225 g/mol. The normalized spacial score (nSPS) is 14.8. The van der Waals surface area contributed by atoms with Gasteiger partial charge in [0, 0.05) is 12.6 Å². The zero-order chi connectivity index (χ0) is 12.0. The Kier molecular flexibility index (Phi) is 5.43. The summed E-state index contributed by atoms with van der Waals surface area (Å²) in [6.45, 7) is 5.24. The van der Waals surface area contributed by atoms with E-state index in [-0.39, 0.29) is 18.5 Å². The highest BCUT2D eigenvalue weighted by Gasteiger charge is 2.07. The van der Waals surface area contributed by atoms with Crippen molar-refractivity contribution in [3.8, 4) is 0 Å². The third-order valence-corrected chi connectivity index (χ3v) is 2.76. The third kappa shape index (κ3) is 4.29. The van der Waals surface area contributed by atoms with Crippen LogP contribution in [0.2, 0.25) is 0 Å². The Balaban J connectivity index is 2.40. The van der Waals surface area contributed by atoms with Crippen molar-refractivity contribution in [2.75, 3.05) is 13.2 Å². The molecule has 2 atom stereocenters. The highest BCUT2D eigenvalue weighted by atomic mass is 19.1. The lowest BCUT2D eigenvalue weighted by atomic mass is 10.1. The lowest BCUT2D eigenvalue weighted by Crippen LogP contribution is -2.25. The number of hydrogen-bond donors (Lipinski definition) is 2. The van der Waals surface area contributed by atoms with Crippen molar-refractivity contribution in [3.63, 3.8) is 0 Å². The summed E-state index contributed by atoms with van der Waals surface area (Å²) in [6.07, 6.45) is 0.809. The van der Waals surface area contributed by atoms with Gasteiger partial charge in [-0.3, -0.25) is 0 Å². The van der Waals surface area contributed by atoms with Gasteiger partial charge in [0.25, 0.3) is 0 Å². The fraction of sp³-hybridized carbons (Fsp3) is 0.538. The van der Waals surface area contributed by atoms with Crippen molar-refractivity contribution < 1.29 is 9.50 Å². The lowest BCUT2D eigenvalue weighted by molar-refractivity contribution is 0.258. The largest absolute Gasteiger partial charge is 0.396 e. The van der Waals surface area contributed by atoms with Gasteiger partial charge < -0.3 is 10.4 Å². The Morgan fingerprint density at radius 3 is 2.44 bits per heavy atom. The van der Waals surface area contributed by atoms with E-state index in [0.717, 1.165) is 18.5 Å². The molecule has 0 saturated carbocycles. The topological polar surface area (TPSA) is 32.3 Å². The maximum absolute atomic E-state index is 12.7. The summed E-state index contributed by atoms with van der Waals surface area (Å²) in [6, 6.07) is 6.75. The molecule has 0 aliphatic carbocycles. The van der Waals surface area contributed by atoms with Crippen LogP contribution in [0.25, 0.3) is 0 Å². The summed E-state index contributed by atoms with van der Waals surface area (Å²) in [4.78, 5) is 0. The molecular weight excluding hydrogens is 205 g/mol. The van der Waals surface area contributed by atoms with Gasteiger partial charge in [-0.2, -0.15) is 0 Å². The van der Waals surface area contributed by atoms with Gasteiger partial charge in [0.15, 0.2) is 0 Å². The van der Waals surface area contributed by atoms with Gasteiger partial charge in [-0.05, 0) is 43.5 Å². The minimum absolute atomic E-state index is 0.204. The first-order valence-electron chi connectivity index (χ1n) is 5.73. The van der Waals surface area contributed by atoms with E-state index in [0.29, 0.717) is 5.92 Å². The molecule has 0 aliphatic heterocycles. The second kappa shape index (κ2) is 6.61. The highest BCUT2D eigenvalue weighted by Crippen LogP contribution is 2.13. The van der Waals surface area contributed by atoms with Crippen LogP contribution in [0.5, 0.6) is 0 Å². The highest BCUT2D eigenvalue weighted by molar-refractivity contribution is 5.19. The minimum Gasteiger partial charge on any atom is -0.396 e. The molecule has 2 unspecified atom stereocenters. The molecule has 2 nitrogen and oxygen atoms in total. The molecule has 0 radical (unpaired) electrons. The molecule has 0 fully saturated rings. The molecule has 0 bridgehead atoms. The Morgan fingerprint density at radius 1 is 1.25 bits per heavy atom. The standard InChI is InChI=1S/C13H20FNO/c1-10(7-8-16)9-15-11(2)12-3-5-13(14)6-4-12/h3-6,10-11,15-16H,7-9H2,1-2H3. The number of nitrogens with one attached hydrogen (secondary N) is 1. The smallest absolute Gasteiger partial charge is 0.123 e. The van der Waals surface area contributed by atoms with Crippen LogP contribution in [0.3, 0.4) is 0 Å². The first kappa shape index (κ1) is 13.1. The van der Waals surface area contributed by atoms with Crippen LogP contribution < -0.4 is 5.32 Å². The molecule has 1 aromatic carbocycles. The number of rotatable bonds is 6. The second-order valence-corrected chi connectivity index (χ2v) is 4.30. The molecule has 1 rings (SSSR count). The molecule has 3 heteroatoms. The van der Waals surface area contributed by atoms with Crippen molar-refractivity contribution in [2.24, 2.45) is 5.92 Å².